The van der Waals surface area contributed by atoms with Crippen LogP contribution in [0.5, 0.6) is 0 Å². The van der Waals surface area contributed by atoms with E-state index in [2.05, 4.69) is 37.2 Å². The smallest absolute Gasteiger partial charge is 0.312 e. The maximum absolute atomic E-state index is 13.2. The maximum atomic E-state index is 13.2. The number of urea groups is 1. The fourth-order valence-corrected chi connectivity index (χ4v) is 3.50. The molecule has 5 amide bonds. The summed E-state index contributed by atoms with van der Waals surface area (Å²) >= 11 is 3.07. The summed E-state index contributed by atoms with van der Waals surface area (Å²) < 4.78 is 7.43. The first kappa shape index (κ1) is 28.3. The topological polar surface area (TPSA) is 159 Å². The predicted molar refractivity (Wildman–Crippen MR) is 138 cm³/mol. The molecule has 1 aromatic carbocycles. The van der Waals surface area contributed by atoms with Crippen molar-refractivity contribution in [3.05, 3.63) is 29.8 Å². The molecule has 1 aromatic rings. The second kappa shape index (κ2) is 15.1. The van der Waals surface area contributed by atoms with Crippen LogP contribution in [0.2, 0.25) is 0 Å². The lowest BCUT2D eigenvalue weighted by Crippen LogP contribution is -2.46. The molecule has 0 saturated heterocycles. The van der Waals surface area contributed by atoms with Crippen molar-refractivity contribution in [3.8, 4) is 0 Å². The van der Waals surface area contributed by atoms with Gasteiger partial charge in [-0.05, 0) is 56.8 Å². The van der Waals surface area contributed by atoms with Crippen molar-refractivity contribution in [2.75, 3.05) is 17.2 Å². The zero-order valence-electron chi connectivity index (χ0n) is 21.4. The number of anilines is 1. The predicted octanol–water partition coefficient (Wildman–Crippen LogP) is 2.32. The Morgan fingerprint density at radius 1 is 1.06 bits per heavy atom. The molecule has 6 N–H and O–H groups in total. The summed E-state index contributed by atoms with van der Waals surface area (Å²) in [5.41, 5.74) is 5.93. The quantitative estimate of drug-likeness (QED) is 0.176. The molecule has 35 heavy (non-hydrogen) atoms. The van der Waals surface area contributed by atoms with E-state index < -0.39 is 23.9 Å². The molecule has 194 valence electrons. The number of carbonyl (C=O) groups excluding carboxylic acids is 5. The summed E-state index contributed by atoms with van der Waals surface area (Å²) in [5, 5.41) is 10.8. The molecule has 0 unspecified atom stereocenters. The molecule has 0 saturated carbocycles. The number of amides is 5. The van der Waals surface area contributed by atoms with E-state index >= 15 is 0 Å². The number of alkyl halides is 1. The number of nitrogens with two attached hydrogens (primary N) is 1. The van der Waals surface area contributed by atoms with Gasteiger partial charge in [-0.3, -0.25) is 19.2 Å². The van der Waals surface area contributed by atoms with E-state index in [4.69, 9.17) is 7.10 Å². The minimum atomic E-state index is -0.821. The van der Waals surface area contributed by atoms with Crippen molar-refractivity contribution in [1.82, 2.24) is 16.0 Å². The minimum Gasteiger partial charge on any atom is -0.354 e. The Labute approximate surface area is 216 Å². The average molecular weight is 555 g/mol. The first-order valence-corrected chi connectivity index (χ1v) is 12.5. The van der Waals surface area contributed by atoms with Gasteiger partial charge >= 0.3 is 6.03 Å². The van der Waals surface area contributed by atoms with E-state index in [0.717, 1.165) is 0 Å². The zero-order valence-corrected chi connectivity index (χ0v) is 21.9. The highest BCUT2D eigenvalue weighted by molar-refractivity contribution is 9.09. The number of benzene rings is 1. The highest BCUT2D eigenvalue weighted by atomic mass is 79.9. The SMILES string of the molecule is [2H]C[C@H](C)NC(=O)[C@H](CCCNC(N)=O)CC(=O)[C@@H](NC(=O)c1ccc(NC(=O)CBr)cc1)C(C)C. The normalized spacial score (nSPS) is 13.7. The molecule has 0 heterocycles. The fourth-order valence-electron chi connectivity index (χ4n) is 3.36. The lowest BCUT2D eigenvalue weighted by Gasteiger charge is -2.24. The molecule has 11 heteroatoms. The first-order chi connectivity index (χ1) is 17.0. The number of carbonyl (C=O) groups is 5. The van der Waals surface area contributed by atoms with Crippen LogP contribution in [0, 0.1) is 11.8 Å². The van der Waals surface area contributed by atoms with Gasteiger partial charge < -0.3 is 27.0 Å². The molecule has 0 fully saturated rings. The molecular weight excluding hydrogens is 518 g/mol. The van der Waals surface area contributed by atoms with Crippen LogP contribution in [-0.2, 0) is 14.4 Å². The van der Waals surface area contributed by atoms with Gasteiger partial charge in [0.25, 0.3) is 5.91 Å². The standard InChI is InChI=1S/C24H36BrN5O5/c1-14(2)21(30-22(33)16-7-9-18(10-8-16)29-20(32)13-25)19(31)12-17(23(34)28-15(3)4)6-5-11-27-24(26)35/h7-10,14-15,17,21H,5-6,11-13H2,1-4H3,(H,28,34)(H,29,32)(H,30,33)(H3,26,27,35)/t17-,21+/m1/s1/i3D/t15-,17-,21+. The monoisotopic (exact) mass is 554 g/mol. The Morgan fingerprint density at radius 2 is 1.71 bits per heavy atom. The van der Waals surface area contributed by atoms with Crippen molar-refractivity contribution in [1.29, 1.82) is 0 Å². The number of rotatable bonds is 14. The van der Waals surface area contributed by atoms with Crippen molar-refractivity contribution in [3.63, 3.8) is 0 Å². The Balaban J connectivity index is 2.90. The number of ketones is 1. The van der Waals surface area contributed by atoms with Crippen LogP contribution in [0.4, 0.5) is 10.5 Å². The van der Waals surface area contributed by atoms with Gasteiger partial charge in [0.15, 0.2) is 5.78 Å². The molecule has 0 aromatic heterocycles. The molecule has 0 aliphatic carbocycles. The largest absolute Gasteiger partial charge is 0.354 e. The number of primary amides is 1. The summed E-state index contributed by atoms with van der Waals surface area (Å²) in [6, 6.07) is 4.41. The Bertz CT molecular complexity index is 913. The molecule has 0 aliphatic heterocycles. The lowest BCUT2D eigenvalue weighted by molar-refractivity contribution is -0.131. The molecule has 0 spiro atoms. The van der Waals surface area contributed by atoms with E-state index in [1.54, 1.807) is 45.0 Å². The number of halogens is 1. The van der Waals surface area contributed by atoms with E-state index in [-0.39, 0.29) is 54.8 Å². The second-order valence-corrected chi connectivity index (χ2v) is 9.23. The Morgan fingerprint density at radius 3 is 2.26 bits per heavy atom. The summed E-state index contributed by atoms with van der Waals surface area (Å²) in [6.07, 6.45) is 0.650. The molecule has 10 nitrogen and oxygen atoms in total. The molecule has 0 bridgehead atoms. The van der Waals surface area contributed by atoms with Gasteiger partial charge in [0, 0.05) is 37.5 Å². The van der Waals surface area contributed by atoms with Gasteiger partial charge in [-0.15, -0.1) is 0 Å². The summed E-state index contributed by atoms with van der Waals surface area (Å²) in [7, 11) is 0. The van der Waals surface area contributed by atoms with Gasteiger partial charge in [-0.25, -0.2) is 4.79 Å². The third-order valence-corrected chi connectivity index (χ3v) is 5.60. The second-order valence-electron chi connectivity index (χ2n) is 8.66. The van der Waals surface area contributed by atoms with Crippen LogP contribution >= 0.6 is 15.9 Å². The lowest BCUT2D eigenvalue weighted by atomic mass is 9.89. The minimum absolute atomic E-state index is 0.00110. The summed E-state index contributed by atoms with van der Waals surface area (Å²) in [4.78, 5) is 61.2. The maximum Gasteiger partial charge on any atom is 0.312 e. The van der Waals surface area contributed by atoms with E-state index in [9.17, 15) is 24.0 Å². The van der Waals surface area contributed by atoms with Crippen LogP contribution in [0.25, 0.3) is 0 Å². The van der Waals surface area contributed by atoms with E-state index in [1.165, 1.54) is 0 Å². The first-order valence-electron chi connectivity index (χ1n) is 12.1. The number of Topliss-reactive ketones (excluding diaryl/α,β-unsaturated/α-hetero) is 1. The van der Waals surface area contributed by atoms with Crippen molar-refractivity contribution >= 4 is 51.2 Å². The van der Waals surface area contributed by atoms with Crippen molar-refractivity contribution in [2.45, 2.75) is 59.0 Å². The van der Waals surface area contributed by atoms with E-state index in [1.807, 2.05) is 0 Å². The Kier molecular flexibility index (Phi) is 12.2. The fraction of sp³-hybridized carbons (Fsp3) is 0.542. The number of hydrogen-bond acceptors (Lipinski definition) is 5. The van der Waals surface area contributed by atoms with Crippen LogP contribution in [0.15, 0.2) is 24.3 Å². The highest BCUT2D eigenvalue weighted by Gasteiger charge is 2.29. The van der Waals surface area contributed by atoms with Gasteiger partial charge in [0.2, 0.25) is 11.8 Å². The van der Waals surface area contributed by atoms with Crippen LogP contribution < -0.4 is 27.0 Å². The van der Waals surface area contributed by atoms with Gasteiger partial charge in [-0.1, -0.05) is 29.8 Å². The Hall–Kier alpha value is -2.95. The van der Waals surface area contributed by atoms with Crippen molar-refractivity contribution in [2.24, 2.45) is 17.6 Å². The molecule has 0 aliphatic rings. The van der Waals surface area contributed by atoms with Crippen molar-refractivity contribution < 1.29 is 25.3 Å². The van der Waals surface area contributed by atoms with Crippen LogP contribution in [0.3, 0.4) is 0 Å². The molecular formula is C24H36BrN5O5. The van der Waals surface area contributed by atoms with E-state index in [0.29, 0.717) is 24.1 Å². The molecule has 3 atom stereocenters. The molecule has 1 rings (SSSR count). The van der Waals surface area contributed by atoms with Gasteiger partial charge in [0.1, 0.15) is 0 Å². The van der Waals surface area contributed by atoms with Gasteiger partial charge in [0.05, 0.1) is 11.4 Å². The number of nitrogens with one attached hydrogen (secondary N) is 4. The molecule has 0 radical (unpaired) electrons. The summed E-state index contributed by atoms with van der Waals surface area (Å²) in [5.74, 6) is -2.23. The zero-order chi connectivity index (χ0) is 27.3. The van der Waals surface area contributed by atoms with Crippen LogP contribution in [0.1, 0.15) is 58.7 Å². The average Bonchev–Trinajstić information content (AvgIpc) is 2.83. The summed E-state index contributed by atoms with van der Waals surface area (Å²) in [6.45, 7) is 5.56. The third kappa shape index (κ3) is 11.3. The van der Waals surface area contributed by atoms with Gasteiger partial charge in [-0.2, -0.15) is 0 Å². The third-order valence-electron chi connectivity index (χ3n) is 5.09. The highest BCUT2D eigenvalue weighted by Crippen LogP contribution is 2.17. The van der Waals surface area contributed by atoms with Crippen LogP contribution in [-0.4, -0.2) is 53.5 Å². The number of hydrogen-bond donors (Lipinski definition) is 5.